The van der Waals surface area contributed by atoms with E-state index in [1.165, 1.54) is 5.56 Å². The van der Waals surface area contributed by atoms with Crippen LogP contribution in [0.3, 0.4) is 0 Å². The zero-order chi connectivity index (χ0) is 10.7. The van der Waals surface area contributed by atoms with Gasteiger partial charge in [0.25, 0.3) is 0 Å². The van der Waals surface area contributed by atoms with Gasteiger partial charge in [0.15, 0.2) is 0 Å². The molecule has 0 unspecified atom stereocenters. The maximum absolute atomic E-state index is 5.74. The van der Waals surface area contributed by atoms with Gasteiger partial charge >= 0.3 is 0 Å². The topological polar surface area (TPSA) is 47.3 Å². The molecule has 0 atom stereocenters. The fourth-order valence-corrected chi connectivity index (χ4v) is 1.64. The van der Waals surface area contributed by atoms with Gasteiger partial charge in [-0.25, -0.2) is 0 Å². The number of benzene rings is 1. The monoisotopic (exact) mass is 206 g/mol. The largest absolute Gasteiger partial charge is 0.384 e. The van der Waals surface area contributed by atoms with E-state index in [0.29, 0.717) is 6.54 Å². The van der Waals surface area contributed by atoms with Gasteiger partial charge in [-0.3, -0.25) is 0 Å². The fraction of sp³-hybridized carbons (Fsp3) is 0.500. The van der Waals surface area contributed by atoms with Crippen molar-refractivity contribution in [1.29, 1.82) is 0 Å². The van der Waals surface area contributed by atoms with Gasteiger partial charge in [0.2, 0.25) is 0 Å². The summed E-state index contributed by atoms with van der Waals surface area (Å²) in [7, 11) is 0. The van der Waals surface area contributed by atoms with Crippen molar-refractivity contribution in [1.82, 2.24) is 0 Å². The van der Waals surface area contributed by atoms with Crippen molar-refractivity contribution in [3.8, 4) is 0 Å². The zero-order valence-electron chi connectivity index (χ0n) is 9.12. The molecule has 1 heterocycles. The molecule has 2 rings (SSSR count). The predicted molar refractivity (Wildman–Crippen MR) is 62.0 cm³/mol. The van der Waals surface area contributed by atoms with Crippen molar-refractivity contribution >= 4 is 5.69 Å². The van der Waals surface area contributed by atoms with E-state index in [1.807, 2.05) is 0 Å². The summed E-state index contributed by atoms with van der Waals surface area (Å²) in [6.07, 6.45) is 0. The summed E-state index contributed by atoms with van der Waals surface area (Å²) in [5.74, 6) is 0. The molecule has 1 saturated heterocycles. The third-order valence-corrected chi connectivity index (χ3v) is 2.97. The average Bonchev–Trinajstić information content (AvgIpc) is 2.20. The second kappa shape index (κ2) is 4.21. The van der Waals surface area contributed by atoms with Gasteiger partial charge in [-0.2, -0.15) is 0 Å². The number of rotatable bonds is 4. The molecule has 0 aliphatic carbocycles. The van der Waals surface area contributed by atoms with Crippen LogP contribution < -0.4 is 11.1 Å². The van der Waals surface area contributed by atoms with E-state index in [9.17, 15) is 0 Å². The minimum absolute atomic E-state index is 0.158. The summed E-state index contributed by atoms with van der Waals surface area (Å²) >= 11 is 0. The van der Waals surface area contributed by atoms with Crippen LogP contribution in [0.1, 0.15) is 5.56 Å². The molecule has 1 aromatic rings. The number of ether oxygens (including phenoxy) is 1. The van der Waals surface area contributed by atoms with Crippen LogP contribution in [0.4, 0.5) is 5.69 Å². The van der Waals surface area contributed by atoms with Crippen molar-refractivity contribution in [2.75, 3.05) is 31.6 Å². The predicted octanol–water partition coefficient (Wildman–Crippen LogP) is 1.38. The quantitative estimate of drug-likeness (QED) is 0.782. The summed E-state index contributed by atoms with van der Waals surface area (Å²) in [5.41, 5.74) is 8.33. The Morgan fingerprint density at radius 3 is 2.47 bits per heavy atom. The van der Waals surface area contributed by atoms with Crippen LogP contribution in [-0.4, -0.2) is 26.3 Å². The van der Waals surface area contributed by atoms with E-state index in [2.05, 4.69) is 36.5 Å². The lowest BCUT2D eigenvalue weighted by Gasteiger charge is -2.40. The van der Waals surface area contributed by atoms with Crippen LogP contribution in [0, 0.1) is 12.3 Å². The Kier molecular flexibility index (Phi) is 2.93. The lowest BCUT2D eigenvalue weighted by atomic mass is 9.86. The van der Waals surface area contributed by atoms with Crippen LogP contribution in [0.2, 0.25) is 0 Å². The van der Waals surface area contributed by atoms with Crippen LogP contribution >= 0.6 is 0 Å². The lowest BCUT2D eigenvalue weighted by molar-refractivity contribution is -0.0979. The second-order valence-corrected chi connectivity index (χ2v) is 4.42. The zero-order valence-corrected chi connectivity index (χ0v) is 9.12. The number of nitrogens with one attached hydrogen (secondary N) is 1. The Labute approximate surface area is 90.6 Å². The van der Waals surface area contributed by atoms with Crippen molar-refractivity contribution in [2.45, 2.75) is 6.92 Å². The Morgan fingerprint density at radius 1 is 1.33 bits per heavy atom. The van der Waals surface area contributed by atoms with E-state index in [0.717, 1.165) is 25.4 Å². The lowest BCUT2D eigenvalue weighted by Crippen LogP contribution is -2.52. The summed E-state index contributed by atoms with van der Waals surface area (Å²) < 4.78 is 5.22. The highest BCUT2D eigenvalue weighted by Gasteiger charge is 2.36. The molecule has 82 valence electrons. The molecule has 1 fully saturated rings. The first-order chi connectivity index (χ1) is 7.24. The van der Waals surface area contributed by atoms with Crippen LogP contribution in [0.15, 0.2) is 24.3 Å². The third kappa shape index (κ3) is 2.30. The maximum Gasteiger partial charge on any atom is 0.0574 e. The Morgan fingerprint density at radius 2 is 2.00 bits per heavy atom. The number of aryl methyl sites for hydroxylation is 1. The first-order valence-corrected chi connectivity index (χ1v) is 5.32. The molecule has 0 bridgehead atoms. The number of anilines is 1. The first kappa shape index (κ1) is 10.5. The van der Waals surface area contributed by atoms with Gasteiger partial charge in [0.1, 0.15) is 0 Å². The summed E-state index contributed by atoms with van der Waals surface area (Å²) in [6.45, 7) is 5.23. The van der Waals surface area contributed by atoms with Crippen LogP contribution in [0.25, 0.3) is 0 Å². The molecule has 3 nitrogen and oxygen atoms in total. The average molecular weight is 206 g/mol. The molecular formula is C12H18N2O. The van der Waals surface area contributed by atoms with E-state index < -0.39 is 0 Å². The molecular weight excluding hydrogens is 188 g/mol. The molecule has 1 aliphatic heterocycles. The number of hydrogen-bond donors (Lipinski definition) is 2. The Hall–Kier alpha value is -1.06. The van der Waals surface area contributed by atoms with Crippen LogP contribution in [0.5, 0.6) is 0 Å². The molecule has 1 aromatic carbocycles. The second-order valence-electron chi connectivity index (χ2n) is 4.42. The smallest absolute Gasteiger partial charge is 0.0574 e. The van der Waals surface area contributed by atoms with Gasteiger partial charge in [-0.05, 0) is 19.1 Å². The van der Waals surface area contributed by atoms with Crippen LogP contribution in [-0.2, 0) is 4.74 Å². The Balaban J connectivity index is 1.90. The minimum atomic E-state index is 0.158. The molecule has 0 amide bonds. The summed E-state index contributed by atoms with van der Waals surface area (Å²) in [6, 6.07) is 8.40. The standard InChI is InChI=1S/C12H18N2O/c1-10-2-4-11(5-3-10)14-7-12(6-13)8-15-9-12/h2-5,14H,6-9,13H2,1H3. The molecule has 0 saturated carbocycles. The highest BCUT2D eigenvalue weighted by atomic mass is 16.5. The third-order valence-electron chi connectivity index (χ3n) is 2.97. The van der Waals surface area contributed by atoms with Gasteiger partial charge in [0, 0.05) is 24.2 Å². The molecule has 3 N–H and O–H groups in total. The highest BCUT2D eigenvalue weighted by molar-refractivity contribution is 5.44. The Bertz CT molecular complexity index is 311. The molecule has 3 heteroatoms. The van der Waals surface area contributed by atoms with E-state index in [4.69, 9.17) is 10.5 Å². The van der Waals surface area contributed by atoms with Gasteiger partial charge in [0.05, 0.1) is 13.2 Å². The first-order valence-electron chi connectivity index (χ1n) is 5.32. The van der Waals surface area contributed by atoms with Crippen molar-refractivity contribution in [3.05, 3.63) is 29.8 Å². The molecule has 0 aromatic heterocycles. The fourth-order valence-electron chi connectivity index (χ4n) is 1.64. The summed E-state index contributed by atoms with van der Waals surface area (Å²) in [4.78, 5) is 0. The van der Waals surface area contributed by atoms with Crippen molar-refractivity contribution < 1.29 is 4.74 Å². The van der Waals surface area contributed by atoms with E-state index >= 15 is 0 Å². The van der Waals surface area contributed by atoms with Crippen molar-refractivity contribution in [2.24, 2.45) is 11.1 Å². The highest BCUT2D eigenvalue weighted by Crippen LogP contribution is 2.26. The molecule has 0 radical (unpaired) electrons. The van der Waals surface area contributed by atoms with Gasteiger partial charge in [-0.15, -0.1) is 0 Å². The van der Waals surface area contributed by atoms with E-state index in [-0.39, 0.29) is 5.41 Å². The molecule has 0 spiro atoms. The number of hydrogen-bond acceptors (Lipinski definition) is 3. The van der Waals surface area contributed by atoms with Crippen molar-refractivity contribution in [3.63, 3.8) is 0 Å². The number of nitrogens with two attached hydrogens (primary N) is 1. The van der Waals surface area contributed by atoms with E-state index in [1.54, 1.807) is 0 Å². The molecule has 15 heavy (non-hydrogen) atoms. The maximum atomic E-state index is 5.74. The minimum Gasteiger partial charge on any atom is -0.384 e. The molecule has 1 aliphatic rings. The normalized spacial score (nSPS) is 18.3. The summed E-state index contributed by atoms with van der Waals surface area (Å²) in [5, 5.41) is 3.41. The SMILES string of the molecule is Cc1ccc(NCC2(CN)COC2)cc1. The van der Waals surface area contributed by atoms with Gasteiger partial charge in [-0.1, -0.05) is 17.7 Å². The van der Waals surface area contributed by atoms with Gasteiger partial charge < -0.3 is 15.8 Å².